The minimum Gasteiger partial charge on any atom is -0.382 e. The molecule has 2 unspecified atom stereocenters. The lowest BCUT2D eigenvalue weighted by atomic mass is 9.70. The van der Waals surface area contributed by atoms with Crippen LogP contribution in [0.3, 0.4) is 0 Å². The summed E-state index contributed by atoms with van der Waals surface area (Å²) in [5.74, 6) is 6.34. The van der Waals surface area contributed by atoms with Gasteiger partial charge in [-0.1, -0.05) is 0 Å². The molecule has 0 radical (unpaired) electrons. The summed E-state index contributed by atoms with van der Waals surface area (Å²) < 4.78 is 11.4. The first-order chi connectivity index (χ1) is 8.29. The van der Waals surface area contributed by atoms with Gasteiger partial charge in [-0.05, 0) is 51.4 Å². The van der Waals surface area contributed by atoms with Crippen molar-refractivity contribution in [2.45, 2.75) is 57.1 Å². The van der Waals surface area contributed by atoms with Crippen molar-refractivity contribution in [2.75, 3.05) is 19.8 Å². The van der Waals surface area contributed by atoms with E-state index in [2.05, 4.69) is 5.43 Å². The lowest BCUT2D eigenvalue weighted by Crippen LogP contribution is -2.51. The van der Waals surface area contributed by atoms with Crippen LogP contribution in [0.25, 0.3) is 0 Å². The zero-order valence-corrected chi connectivity index (χ0v) is 10.9. The van der Waals surface area contributed by atoms with Gasteiger partial charge in [0.25, 0.3) is 0 Å². The molecule has 2 rings (SSSR count). The van der Waals surface area contributed by atoms with Gasteiger partial charge in [-0.15, -0.1) is 0 Å². The first-order valence-corrected chi connectivity index (χ1v) is 6.97. The molecular formula is C13H26N2O2. The summed E-state index contributed by atoms with van der Waals surface area (Å²) in [7, 11) is 0. The third kappa shape index (κ3) is 3.19. The second kappa shape index (κ2) is 6.14. The highest BCUT2D eigenvalue weighted by Crippen LogP contribution is 2.45. The Hall–Kier alpha value is -0.160. The van der Waals surface area contributed by atoms with Gasteiger partial charge >= 0.3 is 0 Å². The Labute approximate surface area is 104 Å². The molecule has 17 heavy (non-hydrogen) atoms. The molecule has 1 aliphatic heterocycles. The number of nitrogens with one attached hydrogen (secondary N) is 1. The SMILES string of the molecule is CCOCCC(NN)C1CCOC2(CCC2)C1. The monoisotopic (exact) mass is 242 g/mol. The topological polar surface area (TPSA) is 56.5 Å². The molecule has 0 bridgehead atoms. The summed E-state index contributed by atoms with van der Waals surface area (Å²) in [6.07, 6.45) is 7.12. The third-order valence-electron chi connectivity index (χ3n) is 4.36. The number of nitrogens with two attached hydrogens (primary N) is 1. The highest BCUT2D eigenvalue weighted by molar-refractivity contribution is 4.96. The average molecular weight is 242 g/mol. The maximum Gasteiger partial charge on any atom is 0.0685 e. The van der Waals surface area contributed by atoms with Gasteiger partial charge in [0.1, 0.15) is 0 Å². The maximum absolute atomic E-state index is 5.95. The lowest BCUT2D eigenvalue weighted by molar-refractivity contribution is -0.147. The largest absolute Gasteiger partial charge is 0.382 e. The minimum absolute atomic E-state index is 0.212. The van der Waals surface area contributed by atoms with Crippen molar-refractivity contribution in [3.8, 4) is 0 Å². The number of hydrazine groups is 1. The molecule has 100 valence electrons. The first-order valence-electron chi connectivity index (χ1n) is 6.97. The van der Waals surface area contributed by atoms with Crippen LogP contribution in [0.15, 0.2) is 0 Å². The molecule has 0 aromatic carbocycles. The van der Waals surface area contributed by atoms with Crippen LogP contribution in [0.4, 0.5) is 0 Å². The van der Waals surface area contributed by atoms with Crippen molar-refractivity contribution in [1.82, 2.24) is 5.43 Å². The van der Waals surface area contributed by atoms with Crippen molar-refractivity contribution in [3.63, 3.8) is 0 Å². The van der Waals surface area contributed by atoms with E-state index >= 15 is 0 Å². The second-order valence-electron chi connectivity index (χ2n) is 5.40. The van der Waals surface area contributed by atoms with Gasteiger partial charge in [-0.2, -0.15) is 0 Å². The quantitative estimate of drug-likeness (QED) is 0.422. The molecule has 1 spiro atoms. The van der Waals surface area contributed by atoms with E-state index in [1.807, 2.05) is 6.92 Å². The van der Waals surface area contributed by atoms with Crippen LogP contribution in [0.1, 0.15) is 45.4 Å². The van der Waals surface area contributed by atoms with Crippen molar-refractivity contribution in [3.05, 3.63) is 0 Å². The minimum atomic E-state index is 0.212. The van der Waals surface area contributed by atoms with Gasteiger partial charge in [-0.25, -0.2) is 0 Å². The summed E-state index contributed by atoms with van der Waals surface area (Å²) in [4.78, 5) is 0. The van der Waals surface area contributed by atoms with Crippen LogP contribution >= 0.6 is 0 Å². The predicted molar refractivity (Wildman–Crippen MR) is 67.5 cm³/mol. The first kappa shape index (κ1) is 13.3. The number of ether oxygens (including phenoxy) is 2. The van der Waals surface area contributed by atoms with E-state index < -0.39 is 0 Å². The summed E-state index contributed by atoms with van der Waals surface area (Å²) >= 11 is 0. The van der Waals surface area contributed by atoms with Crippen LogP contribution in [0, 0.1) is 5.92 Å². The molecule has 0 aromatic heterocycles. The third-order valence-corrected chi connectivity index (χ3v) is 4.36. The van der Waals surface area contributed by atoms with Gasteiger partial charge in [0.2, 0.25) is 0 Å². The fourth-order valence-corrected chi connectivity index (χ4v) is 3.14. The second-order valence-corrected chi connectivity index (χ2v) is 5.40. The summed E-state index contributed by atoms with van der Waals surface area (Å²) in [5.41, 5.74) is 3.19. The molecule has 2 fully saturated rings. The van der Waals surface area contributed by atoms with Crippen molar-refractivity contribution in [2.24, 2.45) is 11.8 Å². The van der Waals surface area contributed by atoms with Crippen molar-refractivity contribution >= 4 is 0 Å². The van der Waals surface area contributed by atoms with Crippen LogP contribution in [-0.2, 0) is 9.47 Å². The molecular weight excluding hydrogens is 216 g/mol. The van der Waals surface area contributed by atoms with E-state index in [9.17, 15) is 0 Å². The lowest BCUT2D eigenvalue weighted by Gasteiger charge is -2.48. The zero-order chi connectivity index (χ0) is 12.1. The molecule has 4 heteroatoms. The van der Waals surface area contributed by atoms with E-state index in [1.54, 1.807) is 0 Å². The predicted octanol–water partition coefficient (Wildman–Crippen LogP) is 1.59. The molecule has 0 aromatic rings. The number of rotatable bonds is 6. The smallest absolute Gasteiger partial charge is 0.0685 e. The van der Waals surface area contributed by atoms with Crippen LogP contribution < -0.4 is 11.3 Å². The van der Waals surface area contributed by atoms with Gasteiger partial charge in [0.15, 0.2) is 0 Å². The Morgan fingerprint density at radius 2 is 2.35 bits per heavy atom. The van der Waals surface area contributed by atoms with E-state index in [0.29, 0.717) is 12.0 Å². The average Bonchev–Trinajstić information content (AvgIpc) is 2.33. The molecule has 3 N–H and O–H groups in total. The summed E-state index contributed by atoms with van der Waals surface area (Å²) in [6, 6.07) is 0.378. The molecule has 1 saturated heterocycles. The summed E-state index contributed by atoms with van der Waals surface area (Å²) in [5, 5.41) is 0. The Bertz CT molecular complexity index is 231. The number of hydrogen-bond donors (Lipinski definition) is 2. The maximum atomic E-state index is 5.95. The van der Waals surface area contributed by atoms with Crippen LogP contribution in [0.5, 0.6) is 0 Å². The Kier molecular flexibility index (Phi) is 4.79. The Morgan fingerprint density at radius 3 is 2.94 bits per heavy atom. The molecule has 1 saturated carbocycles. The molecule has 0 amide bonds. The molecule has 4 nitrogen and oxygen atoms in total. The van der Waals surface area contributed by atoms with Crippen molar-refractivity contribution in [1.29, 1.82) is 0 Å². The van der Waals surface area contributed by atoms with E-state index in [4.69, 9.17) is 15.3 Å². The fourth-order valence-electron chi connectivity index (χ4n) is 3.14. The van der Waals surface area contributed by atoms with Crippen LogP contribution in [-0.4, -0.2) is 31.5 Å². The molecule has 1 aliphatic carbocycles. The Morgan fingerprint density at radius 1 is 1.53 bits per heavy atom. The fraction of sp³-hybridized carbons (Fsp3) is 1.00. The van der Waals surface area contributed by atoms with E-state index in [0.717, 1.165) is 32.7 Å². The molecule has 1 heterocycles. The highest BCUT2D eigenvalue weighted by atomic mass is 16.5. The summed E-state index contributed by atoms with van der Waals surface area (Å²) in [6.45, 7) is 4.52. The Balaban J connectivity index is 1.81. The number of hydrogen-bond acceptors (Lipinski definition) is 4. The molecule has 2 atom stereocenters. The van der Waals surface area contributed by atoms with Gasteiger partial charge in [0, 0.05) is 25.9 Å². The van der Waals surface area contributed by atoms with E-state index in [-0.39, 0.29) is 5.60 Å². The highest BCUT2D eigenvalue weighted by Gasteiger charge is 2.43. The van der Waals surface area contributed by atoms with Gasteiger partial charge < -0.3 is 9.47 Å². The van der Waals surface area contributed by atoms with E-state index in [1.165, 1.54) is 25.7 Å². The normalized spacial score (nSPS) is 28.9. The zero-order valence-electron chi connectivity index (χ0n) is 10.9. The molecule has 2 aliphatic rings. The standard InChI is InChI=1S/C13H26N2O2/c1-2-16-8-5-12(15-14)11-4-9-17-13(10-11)6-3-7-13/h11-12,15H,2-10,14H2,1H3. The van der Waals surface area contributed by atoms with Gasteiger partial charge in [-0.3, -0.25) is 11.3 Å². The van der Waals surface area contributed by atoms with Crippen LogP contribution in [0.2, 0.25) is 0 Å². The van der Waals surface area contributed by atoms with Crippen molar-refractivity contribution < 1.29 is 9.47 Å². The van der Waals surface area contributed by atoms with Gasteiger partial charge in [0.05, 0.1) is 5.60 Å².